The zero-order chi connectivity index (χ0) is 11.1. The van der Waals surface area contributed by atoms with Crippen LogP contribution in [0.15, 0.2) is 0 Å². The van der Waals surface area contributed by atoms with Gasteiger partial charge in [-0.2, -0.15) is 11.8 Å². The van der Waals surface area contributed by atoms with E-state index in [4.69, 9.17) is 0 Å². The summed E-state index contributed by atoms with van der Waals surface area (Å²) >= 11 is 2.10. The van der Waals surface area contributed by atoms with E-state index >= 15 is 0 Å². The summed E-state index contributed by atoms with van der Waals surface area (Å²) in [6.45, 7) is 8.05. The molecule has 0 radical (unpaired) electrons. The third-order valence-electron chi connectivity index (χ3n) is 3.55. The van der Waals surface area contributed by atoms with Crippen LogP contribution in [0.25, 0.3) is 0 Å². The van der Waals surface area contributed by atoms with E-state index in [0.29, 0.717) is 0 Å². The van der Waals surface area contributed by atoms with Gasteiger partial charge in [0.15, 0.2) is 0 Å². The van der Waals surface area contributed by atoms with Crippen molar-refractivity contribution in [3.63, 3.8) is 0 Å². The maximum Gasteiger partial charge on any atom is 0.00957 e. The average Bonchev–Trinajstić information content (AvgIpc) is 2.22. The Labute approximate surface area is 99.8 Å². The van der Waals surface area contributed by atoms with Gasteiger partial charge in [0.25, 0.3) is 0 Å². The lowest BCUT2D eigenvalue weighted by Crippen LogP contribution is -2.40. The van der Waals surface area contributed by atoms with Crippen molar-refractivity contribution >= 4 is 11.8 Å². The van der Waals surface area contributed by atoms with Crippen LogP contribution in [0.2, 0.25) is 0 Å². The van der Waals surface area contributed by atoms with Crippen LogP contribution in [0.1, 0.15) is 46.5 Å². The summed E-state index contributed by atoms with van der Waals surface area (Å²) in [6.07, 6.45) is 5.69. The minimum atomic E-state index is 0.809. The van der Waals surface area contributed by atoms with E-state index in [0.717, 1.165) is 24.4 Å². The molecular formula is C13H27NS. The molecule has 0 saturated heterocycles. The molecule has 90 valence electrons. The predicted octanol–water partition coefficient (Wildman–Crippen LogP) is 3.54. The Kier molecular flexibility index (Phi) is 6.74. The summed E-state index contributed by atoms with van der Waals surface area (Å²) in [5, 5.41) is 3.67. The van der Waals surface area contributed by atoms with Gasteiger partial charge in [0, 0.05) is 6.04 Å². The standard InChI is InChI=1S/C13H27NS/c1-4-14-13-7-6-11(3)10-12(13)8-9-15-5-2/h11-14H,4-10H2,1-3H3. The first-order chi connectivity index (χ1) is 7.27. The Morgan fingerprint density at radius 2 is 2.07 bits per heavy atom. The molecule has 3 atom stereocenters. The molecule has 1 N–H and O–H groups in total. The first-order valence-corrected chi connectivity index (χ1v) is 7.74. The molecule has 0 aromatic rings. The van der Waals surface area contributed by atoms with Crippen LogP contribution in [-0.4, -0.2) is 24.1 Å². The second kappa shape index (κ2) is 7.56. The van der Waals surface area contributed by atoms with Gasteiger partial charge in [-0.25, -0.2) is 0 Å². The van der Waals surface area contributed by atoms with Crippen LogP contribution in [0, 0.1) is 11.8 Å². The Morgan fingerprint density at radius 1 is 1.27 bits per heavy atom. The summed E-state index contributed by atoms with van der Waals surface area (Å²) in [6, 6.07) is 0.809. The van der Waals surface area contributed by atoms with Gasteiger partial charge in [0.1, 0.15) is 0 Å². The first-order valence-electron chi connectivity index (χ1n) is 6.59. The van der Waals surface area contributed by atoms with Crippen molar-refractivity contribution in [3.05, 3.63) is 0 Å². The van der Waals surface area contributed by atoms with Crippen molar-refractivity contribution in [1.82, 2.24) is 5.32 Å². The molecule has 2 heteroatoms. The minimum absolute atomic E-state index is 0.809. The summed E-state index contributed by atoms with van der Waals surface area (Å²) in [5.74, 6) is 4.52. The maximum atomic E-state index is 3.67. The predicted molar refractivity (Wildman–Crippen MR) is 71.6 cm³/mol. The lowest BCUT2D eigenvalue weighted by molar-refractivity contribution is 0.211. The Bertz CT molecular complexity index is 161. The van der Waals surface area contributed by atoms with Crippen LogP contribution < -0.4 is 5.32 Å². The number of hydrogen-bond donors (Lipinski definition) is 1. The highest BCUT2D eigenvalue weighted by Gasteiger charge is 2.27. The van der Waals surface area contributed by atoms with Crippen molar-refractivity contribution in [3.8, 4) is 0 Å². The summed E-state index contributed by atoms with van der Waals surface area (Å²) in [5.41, 5.74) is 0. The molecule has 0 amide bonds. The van der Waals surface area contributed by atoms with Crippen LogP contribution in [0.5, 0.6) is 0 Å². The van der Waals surface area contributed by atoms with Crippen LogP contribution in [0.3, 0.4) is 0 Å². The Morgan fingerprint density at radius 3 is 2.73 bits per heavy atom. The SMILES string of the molecule is CCNC1CCC(C)CC1CCSCC. The maximum absolute atomic E-state index is 3.67. The van der Waals surface area contributed by atoms with Crippen molar-refractivity contribution in [1.29, 1.82) is 0 Å². The molecular weight excluding hydrogens is 202 g/mol. The summed E-state index contributed by atoms with van der Waals surface area (Å²) in [7, 11) is 0. The van der Waals surface area contributed by atoms with Gasteiger partial charge < -0.3 is 5.32 Å². The first kappa shape index (κ1) is 13.4. The van der Waals surface area contributed by atoms with E-state index in [1.165, 1.54) is 37.2 Å². The van der Waals surface area contributed by atoms with E-state index in [2.05, 4.69) is 37.8 Å². The summed E-state index contributed by atoms with van der Waals surface area (Å²) < 4.78 is 0. The highest BCUT2D eigenvalue weighted by molar-refractivity contribution is 7.99. The molecule has 3 unspecified atom stereocenters. The molecule has 0 spiro atoms. The van der Waals surface area contributed by atoms with Gasteiger partial charge in [-0.1, -0.05) is 20.8 Å². The molecule has 1 aliphatic rings. The largest absolute Gasteiger partial charge is 0.314 e. The second-order valence-corrected chi connectivity index (χ2v) is 6.22. The van der Waals surface area contributed by atoms with Gasteiger partial charge in [0.2, 0.25) is 0 Å². The molecule has 1 saturated carbocycles. The molecule has 0 bridgehead atoms. The van der Waals surface area contributed by atoms with Crippen LogP contribution >= 0.6 is 11.8 Å². The zero-order valence-corrected chi connectivity index (χ0v) is 11.4. The molecule has 0 aromatic heterocycles. The Hall–Kier alpha value is 0.310. The molecule has 1 nitrogen and oxygen atoms in total. The molecule has 15 heavy (non-hydrogen) atoms. The lowest BCUT2D eigenvalue weighted by atomic mass is 9.77. The topological polar surface area (TPSA) is 12.0 Å². The fraction of sp³-hybridized carbons (Fsp3) is 1.00. The molecule has 0 heterocycles. The van der Waals surface area contributed by atoms with Gasteiger partial charge in [-0.15, -0.1) is 0 Å². The van der Waals surface area contributed by atoms with E-state index in [1.54, 1.807) is 0 Å². The molecule has 0 aliphatic heterocycles. The normalized spacial score (nSPS) is 31.8. The third kappa shape index (κ3) is 4.78. The van der Waals surface area contributed by atoms with Crippen molar-refractivity contribution < 1.29 is 0 Å². The number of thioether (sulfide) groups is 1. The van der Waals surface area contributed by atoms with Crippen molar-refractivity contribution in [2.45, 2.75) is 52.5 Å². The van der Waals surface area contributed by atoms with Crippen molar-refractivity contribution in [2.24, 2.45) is 11.8 Å². The van der Waals surface area contributed by atoms with Gasteiger partial charge in [0.05, 0.1) is 0 Å². The minimum Gasteiger partial charge on any atom is -0.314 e. The monoisotopic (exact) mass is 229 g/mol. The third-order valence-corrected chi connectivity index (χ3v) is 4.48. The fourth-order valence-corrected chi connectivity index (χ4v) is 3.49. The molecule has 1 fully saturated rings. The zero-order valence-electron chi connectivity index (χ0n) is 10.6. The second-order valence-electron chi connectivity index (χ2n) is 4.83. The smallest absolute Gasteiger partial charge is 0.00957 e. The average molecular weight is 229 g/mol. The summed E-state index contributed by atoms with van der Waals surface area (Å²) in [4.78, 5) is 0. The van der Waals surface area contributed by atoms with Gasteiger partial charge in [-0.05, 0) is 55.6 Å². The molecule has 1 aliphatic carbocycles. The van der Waals surface area contributed by atoms with Gasteiger partial charge >= 0.3 is 0 Å². The van der Waals surface area contributed by atoms with E-state index < -0.39 is 0 Å². The number of nitrogens with one attached hydrogen (secondary N) is 1. The van der Waals surface area contributed by atoms with E-state index in [9.17, 15) is 0 Å². The van der Waals surface area contributed by atoms with Crippen molar-refractivity contribution in [2.75, 3.05) is 18.1 Å². The van der Waals surface area contributed by atoms with E-state index in [1.807, 2.05) is 0 Å². The highest BCUT2D eigenvalue weighted by Crippen LogP contribution is 2.31. The quantitative estimate of drug-likeness (QED) is 0.699. The van der Waals surface area contributed by atoms with E-state index in [-0.39, 0.29) is 0 Å². The molecule has 0 aromatic carbocycles. The number of rotatable bonds is 6. The highest BCUT2D eigenvalue weighted by atomic mass is 32.2. The lowest BCUT2D eigenvalue weighted by Gasteiger charge is -2.35. The van der Waals surface area contributed by atoms with Crippen LogP contribution in [-0.2, 0) is 0 Å². The fourth-order valence-electron chi connectivity index (χ4n) is 2.73. The van der Waals surface area contributed by atoms with Crippen LogP contribution in [0.4, 0.5) is 0 Å². The molecule has 1 rings (SSSR count). The Balaban J connectivity index is 2.32. The van der Waals surface area contributed by atoms with Gasteiger partial charge in [-0.3, -0.25) is 0 Å². The number of hydrogen-bond acceptors (Lipinski definition) is 2.